The van der Waals surface area contributed by atoms with Gasteiger partial charge in [0.25, 0.3) is 0 Å². The van der Waals surface area contributed by atoms with E-state index in [2.05, 4.69) is 18.1 Å². The summed E-state index contributed by atoms with van der Waals surface area (Å²) in [7, 11) is 0. The standard InChI is InChI=1S/C10H12Cl2N2/c1-2-14-10(9(12)6-13-14)7-3-4-8(11)5-7/h5-6,8H,2-4H2,1H3. The first-order valence-corrected chi connectivity index (χ1v) is 5.60. The molecule has 1 atom stereocenters. The van der Waals surface area contributed by atoms with Crippen molar-refractivity contribution in [3.63, 3.8) is 0 Å². The second kappa shape index (κ2) is 3.95. The molecule has 0 amide bonds. The first-order chi connectivity index (χ1) is 6.72. The molecule has 2 rings (SSSR count). The average molecular weight is 231 g/mol. The summed E-state index contributed by atoms with van der Waals surface area (Å²) in [5, 5.41) is 5.08. The number of rotatable bonds is 2. The van der Waals surface area contributed by atoms with Crippen LogP contribution in [0.4, 0.5) is 0 Å². The monoisotopic (exact) mass is 230 g/mol. The molecule has 1 aliphatic carbocycles. The fourth-order valence-corrected chi connectivity index (χ4v) is 2.32. The van der Waals surface area contributed by atoms with Gasteiger partial charge in [0.05, 0.1) is 22.3 Å². The lowest BCUT2D eigenvalue weighted by molar-refractivity contribution is 0.650. The third-order valence-electron chi connectivity index (χ3n) is 2.47. The Labute approximate surface area is 93.5 Å². The minimum absolute atomic E-state index is 0.154. The zero-order valence-electron chi connectivity index (χ0n) is 8.00. The van der Waals surface area contributed by atoms with E-state index < -0.39 is 0 Å². The zero-order valence-corrected chi connectivity index (χ0v) is 9.52. The summed E-state index contributed by atoms with van der Waals surface area (Å²) in [5.74, 6) is 0. The highest BCUT2D eigenvalue weighted by Gasteiger charge is 2.19. The number of halogens is 2. The second-order valence-electron chi connectivity index (χ2n) is 3.40. The molecule has 0 bridgehead atoms. The van der Waals surface area contributed by atoms with Crippen molar-refractivity contribution in [2.75, 3.05) is 0 Å². The maximum absolute atomic E-state index is 6.08. The Morgan fingerprint density at radius 3 is 3.00 bits per heavy atom. The molecule has 0 N–H and O–H groups in total. The molecular weight excluding hydrogens is 219 g/mol. The Balaban J connectivity index is 2.40. The fourth-order valence-electron chi connectivity index (χ4n) is 1.80. The van der Waals surface area contributed by atoms with Gasteiger partial charge < -0.3 is 0 Å². The van der Waals surface area contributed by atoms with Crippen molar-refractivity contribution in [3.05, 3.63) is 23.0 Å². The van der Waals surface area contributed by atoms with Crippen LogP contribution in [0.2, 0.25) is 5.02 Å². The Bertz CT molecular complexity index is 368. The van der Waals surface area contributed by atoms with Crippen LogP contribution in [0.1, 0.15) is 25.5 Å². The van der Waals surface area contributed by atoms with Gasteiger partial charge in [-0.05, 0) is 25.3 Å². The molecule has 0 saturated carbocycles. The summed E-state index contributed by atoms with van der Waals surface area (Å²) in [6.45, 7) is 2.90. The molecule has 76 valence electrons. The quantitative estimate of drug-likeness (QED) is 0.713. The van der Waals surface area contributed by atoms with Crippen LogP contribution in [0.3, 0.4) is 0 Å². The number of aryl methyl sites for hydroxylation is 1. The smallest absolute Gasteiger partial charge is 0.0862 e. The summed E-state index contributed by atoms with van der Waals surface area (Å²) < 4.78 is 1.92. The topological polar surface area (TPSA) is 17.8 Å². The van der Waals surface area contributed by atoms with Crippen molar-refractivity contribution in [2.45, 2.75) is 31.7 Å². The summed E-state index contributed by atoms with van der Waals surface area (Å²) in [6.07, 6.45) is 5.78. The Morgan fingerprint density at radius 2 is 2.43 bits per heavy atom. The molecule has 0 spiro atoms. The number of alkyl halides is 1. The van der Waals surface area contributed by atoms with Gasteiger partial charge in [-0.25, -0.2) is 0 Å². The molecule has 0 saturated heterocycles. The van der Waals surface area contributed by atoms with E-state index in [9.17, 15) is 0 Å². The molecule has 0 aliphatic heterocycles. The highest BCUT2D eigenvalue weighted by atomic mass is 35.5. The lowest BCUT2D eigenvalue weighted by Crippen LogP contribution is -2.01. The number of nitrogens with zero attached hydrogens (tertiary/aromatic N) is 2. The van der Waals surface area contributed by atoms with E-state index in [1.54, 1.807) is 6.20 Å². The number of aromatic nitrogens is 2. The van der Waals surface area contributed by atoms with Crippen molar-refractivity contribution in [1.82, 2.24) is 9.78 Å². The summed E-state index contributed by atoms with van der Waals surface area (Å²) in [4.78, 5) is 0. The Kier molecular flexibility index (Phi) is 2.84. The SMILES string of the molecule is CCn1ncc(Cl)c1C1=CC(Cl)CC1. The molecule has 0 aromatic carbocycles. The van der Waals surface area contributed by atoms with E-state index in [0.717, 1.165) is 30.1 Å². The molecule has 2 nitrogen and oxygen atoms in total. The molecule has 4 heteroatoms. The van der Waals surface area contributed by atoms with Crippen LogP contribution in [-0.4, -0.2) is 15.2 Å². The third kappa shape index (κ3) is 1.69. The highest BCUT2D eigenvalue weighted by Crippen LogP contribution is 2.34. The van der Waals surface area contributed by atoms with Crippen molar-refractivity contribution in [3.8, 4) is 0 Å². The molecule has 1 unspecified atom stereocenters. The normalized spacial score (nSPS) is 21.4. The molecule has 1 heterocycles. The van der Waals surface area contributed by atoms with E-state index in [0.29, 0.717) is 0 Å². The number of hydrogen-bond donors (Lipinski definition) is 0. The first-order valence-electron chi connectivity index (χ1n) is 4.78. The van der Waals surface area contributed by atoms with Gasteiger partial charge in [0, 0.05) is 6.54 Å². The lowest BCUT2D eigenvalue weighted by atomic mass is 10.1. The van der Waals surface area contributed by atoms with Gasteiger partial charge in [0.1, 0.15) is 0 Å². The second-order valence-corrected chi connectivity index (χ2v) is 4.37. The van der Waals surface area contributed by atoms with Gasteiger partial charge in [0.2, 0.25) is 0 Å². The first kappa shape index (κ1) is 10.1. The van der Waals surface area contributed by atoms with Gasteiger partial charge in [-0.2, -0.15) is 5.10 Å². The van der Waals surface area contributed by atoms with E-state index in [1.165, 1.54) is 5.57 Å². The molecule has 1 aromatic heterocycles. The van der Waals surface area contributed by atoms with E-state index in [-0.39, 0.29) is 5.38 Å². The van der Waals surface area contributed by atoms with Crippen LogP contribution in [-0.2, 0) is 6.54 Å². The fraction of sp³-hybridized carbons (Fsp3) is 0.500. The van der Waals surface area contributed by atoms with Crippen LogP contribution < -0.4 is 0 Å². The van der Waals surface area contributed by atoms with E-state index in [1.807, 2.05) is 4.68 Å². The lowest BCUT2D eigenvalue weighted by Gasteiger charge is -2.05. The summed E-state index contributed by atoms with van der Waals surface area (Å²) >= 11 is 12.1. The van der Waals surface area contributed by atoms with Crippen molar-refractivity contribution < 1.29 is 0 Å². The van der Waals surface area contributed by atoms with Gasteiger partial charge in [-0.1, -0.05) is 17.7 Å². The van der Waals surface area contributed by atoms with Gasteiger partial charge in [-0.15, -0.1) is 11.6 Å². The van der Waals surface area contributed by atoms with Gasteiger partial charge in [0.15, 0.2) is 0 Å². The van der Waals surface area contributed by atoms with Crippen LogP contribution in [0.15, 0.2) is 12.3 Å². The van der Waals surface area contributed by atoms with Crippen molar-refractivity contribution in [2.24, 2.45) is 0 Å². The maximum atomic E-state index is 6.08. The molecule has 0 radical (unpaired) electrons. The van der Waals surface area contributed by atoms with Crippen LogP contribution >= 0.6 is 23.2 Å². The van der Waals surface area contributed by atoms with Gasteiger partial charge in [-0.3, -0.25) is 4.68 Å². The third-order valence-corrected chi connectivity index (χ3v) is 3.09. The summed E-state index contributed by atoms with van der Waals surface area (Å²) in [6, 6.07) is 0. The van der Waals surface area contributed by atoms with Crippen LogP contribution in [0.5, 0.6) is 0 Å². The van der Waals surface area contributed by atoms with Crippen LogP contribution in [0.25, 0.3) is 5.57 Å². The molecular formula is C10H12Cl2N2. The summed E-state index contributed by atoms with van der Waals surface area (Å²) in [5.41, 5.74) is 2.27. The van der Waals surface area contributed by atoms with Crippen LogP contribution in [0, 0.1) is 0 Å². The number of hydrogen-bond acceptors (Lipinski definition) is 1. The molecule has 0 fully saturated rings. The minimum Gasteiger partial charge on any atom is -0.264 e. The molecule has 1 aliphatic rings. The largest absolute Gasteiger partial charge is 0.264 e. The predicted octanol–water partition coefficient (Wildman–Crippen LogP) is 3.34. The Hall–Kier alpha value is -0.470. The predicted molar refractivity (Wildman–Crippen MR) is 59.8 cm³/mol. The zero-order chi connectivity index (χ0) is 10.1. The highest BCUT2D eigenvalue weighted by molar-refractivity contribution is 6.32. The van der Waals surface area contributed by atoms with Crippen molar-refractivity contribution >= 4 is 28.8 Å². The number of allylic oxidation sites excluding steroid dienone is 2. The Morgan fingerprint density at radius 1 is 1.64 bits per heavy atom. The maximum Gasteiger partial charge on any atom is 0.0862 e. The minimum atomic E-state index is 0.154. The average Bonchev–Trinajstić information content (AvgIpc) is 2.71. The van der Waals surface area contributed by atoms with Gasteiger partial charge >= 0.3 is 0 Å². The molecule has 1 aromatic rings. The molecule has 14 heavy (non-hydrogen) atoms. The van der Waals surface area contributed by atoms with Crippen molar-refractivity contribution in [1.29, 1.82) is 0 Å². The van der Waals surface area contributed by atoms with E-state index in [4.69, 9.17) is 23.2 Å². The van der Waals surface area contributed by atoms with E-state index >= 15 is 0 Å².